The van der Waals surface area contributed by atoms with Crippen LogP contribution < -0.4 is 10.1 Å². The van der Waals surface area contributed by atoms with Gasteiger partial charge in [0.15, 0.2) is 12.4 Å². The molecule has 122 valence electrons. The quantitative estimate of drug-likeness (QED) is 0.789. The van der Waals surface area contributed by atoms with Crippen molar-refractivity contribution in [3.8, 4) is 5.75 Å². The summed E-state index contributed by atoms with van der Waals surface area (Å²) in [5.41, 5.74) is -0.363. The first-order valence-electron chi connectivity index (χ1n) is 6.89. The van der Waals surface area contributed by atoms with Crippen molar-refractivity contribution in [1.82, 2.24) is 5.32 Å². The van der Waals surface area contributed by atoms with Crippen molar-refractivity contribution >= 4 is 23.0 Å². The van der Waals surface area contributed by atoms with E-state index in [0.717, 1.165) is 17.9 Å². The molecule has 0 unspecified atom stereocenters. The zero-order chi connectivity index (χ0) is 16.8. The van der Waals surface area contributed by atoms with E-state index >= 15 is 0 Å². The summed E-state index contributed by atoms with van der Waals surface area (Å²) in [4.78, 5) is 24.2. The molecule has 7 heteroatoms. The summed E-state index contributed by atoms with van der Waals surface area (Å²) in [6.45, 7) is 1.15. The van der Waals surface area contributed by atoms with Gasteiger partial charge in [-0.15, -0.1) is 11.3 Å². The number of amides is 1. The van der Waals surface area contributed by atoms with Gasteiger partial charge in [0.05, 0.1) is 5.56 Å². The second-order valence-electron chi connectivity index (χ2n) is 4.78. The predicted molar refractivity (Wildman–Crippen MR) is 82.9 cm³/mol. The van der Waals surface area contributed by atoms with E-state index in [4.69, 9.17) is 4.74 Å². The van der Waals surface area contributed by atoms with Crippen molar-refractivity contribution in [2.75, 3.05) is 13.2 Å². The van der Waals surface area contributed by atoms with Crippen LogP contribution in [0, 0.1) is 11.6 Å². The molecule has 0 atom stereocenters. The van der Waals surface area contributed by atoms with E-state index in [2.05, 4.69) is 5.32 Å². The molecule has 0 aliphatic heterocycles. The van der Waals surface area contributed by atoms with Crippen LogP contribution in [0.25, 0.3) is 0 Å². The van der Waals surface area contributed by atoms with Crippen LogP contribution in [0.15, 0.2) is 29.6 Å². The van der Waals surface area contributed by atoms with Gasteiger partial charge in [-0.3, -0.25) is 9.59 Å². The second kappa shape index (κ2) is 7.82. The summed E-state index contributed by atoms with van der Waals surface area (Å²) in [6.07, 6.45) is 0.691. The number of Topliss-reactive ketones (excluding diaryl/α,β-unsaturated/α-hetero) is 1. The van der Waals surface area contributed by atoms with Crippen molar-refractivity contribution in [3.63, 3.8) is 0 Å². The molecule has 0 spiro atoms. The van der Waals surface area contributed by atoms with Gasteiger partial charge in [0, 0.05) is 23.6 Å². The minimum absolute atomic E-state index is 0.275. The monoisotopic (exact) mass is 339 g/mol. The number of nitrogens with one attached hydrogen (secondary N) is 1. The van der Waals surface area contributed by atoms with Crippen molar-refractivity contribution in [3.05, 3.63) is 51.7 Å². The topological polar surface area (TPSA) is 55.4 Å². The Morgan fingerprint density at radius 1 is 1.30 bits per heavy atom. The average molecular weight is 339 g/mol. The van der Waals surface area contributed by atoms with Gasteiger partial charge < -0.3 is 10.1 Å². The number of ether oxygens (including phenoxy) is 1. The van der Waals surface area contributed by atoms with Gasteiger partial charge in [0.2, 0.25) is 0 Å². The largest absolute Gasteiger partial charge is 0.483 e. The molecule has 0 saturated carbocycles. The summed E-state index contributed by atoms with van der Waals surface area (Å²) in [5.74, 6) is -3.19. The Bertz CT molecular complexity index is 702. The Morgan fingerprint density at radius 3 is 2.74 bits per heavy atom. The van der Waals surface area contributed by atoms with E-state index in [0.29, 0.717) is 19.0 Å². The molecule has 1 amide bonds. The van der Waals surface area contributed by atoms with Gasteiger partial charge in [-0.2, -0.15) is 0 Å². The fourth-order valence-electron chi connectivity index (χ4n) is 1.98. The number of thiophene rings is 1. The van der Waals surface area contributed by atoms with Crippen LogP contribution in [-0.4, -0.2) is 24.8 Å². The lowest BCUT2D eigenvalue weighted by molar-refractivity contribution is -0.123. The van der Waals surface area contributed by atoms with Crippen LogP contribution in [-0.2, 0) is 11.2 Å². The van der Waals surface area contributed by atoms with E-state index in [9.17, 15) is 18.4 Å². The first-order valence-corrected chi connectivity index (χ1v) is 7.77. The Balaban J connectivity index is 1.90. The highest BCUT2D eigenvalue weighted by atomic mass is 32.1. The number of benzene rings is 1. The molecular weight excluding hydrogens is 324 g/mol. The molecule has 23 heavy (non-hydrogen) atoms. The average Bonchev–Trinajstić information content (AvgIpc) is 2.97. The molecule has 1 heterocycles. The van der Waals surface area contributed by atoms with Gasteiger partial charge in [-0.05, 0) is 24.8 Å². The lowest BCUT2D eigenvalue weighted by Crippen LogP contribution is -2.30. The van der Waals surface area contributed by atoms with Crippen LogP contribution in [0.3, 0.4) is 0 Å². The summed E-state index contributed by atoms with van der Waals surface area (Å²) in [6, 6.07) is 5.37. The van der Waals surface area contributed by atoms with Crippen molar-refractivity contribution in [2.24, 2.45) is 0 Å². The van der Waals surface area contributed by atoms with Crippen LogP contribution >= 0.6 is 11.3 Å². The molecule has 0 saturated heterocycles. The van der Waals surface area contributed by atoms with Gasteiger partial charge >= 0.3 is 0 Å². The fourth-order valence-corrected chi connectivity index (χ4v) is 2.69. The van der Waals surface area contributed by atoms with E-state index < -0.39 is 29.9 Å². The molecule has 0 radical (unpaired) electrons. The molecule has 1 aromatic carbocycles. The van der Waals surface area contributed by atoms with Gasteiger partial charge in [-0.1, -0.05) is 6.07 Å². The number of hydrogen-bond acceptors (Lipinski definition) is 4. The SMILES string of the molecule is CC(=O)c1c(F)cc(F)cc1OCC(=O)NCCc1cccs1. The Hall–Kier alpha value is -2.28. The van der Waals surface area contributed by atoms with Crippen molar-refractivity contribution < 1.29 is 23.1 Å². The Labute approximate surface area is 136 Å². The summed E-state index contributed by atoms with van der Waals surface area (Å²) < 4.78 is 31.9. The molecule has 1 aromatic heterocycles. The smallest absolute Gasteiger partial charge is 0.257 e. The molecule has 0 aliphatic carbocycles. The summed E-state index contributed by atoms with van der Waals surface area (Å²) in [7, 11) is 0. The minimum atomic E-state index is -1.01. The second-order valence-corrected chi connectivity index (χ2v) is 5.82. The standard InChI is InChI=1S/C16H15F2NO3S/c1-10(20)16-13(18)7-11(17)8-14(16)22-9-15(21)19-5-4-12-3-2-6-23-12/h2-3,6-8H,4-5,9H2,1H3,(H,19,21). The van der Waals surface area contributed by atoms with E-state index in [1.165, 1.54) is 0 Å². The third kappa shape index (κ3) is 4.85. The molecule has 2 rings (SSSR count). The Morgan fingerprint density at radius 2 is 2.09 bits per heavy atom. The number of hydrogen-bond donors (Lipinski definition) is 1. The summed E-state index contributed by atoms with van der Waals surface area (Å²) >= 11 is 1.59. The number of ketones is 1. The lowest BCUT2D eigenvalue weighted by atomic mass is 10.1. The number of halogens is 2. The van der Waals surface area contributed by atoms with Gasteiger partial charge in [0.25, 0.3) is 5.91 Å². The lowest BCUT2D eigenvalue weighted by Gasteiger charge is -2.11. The van der Waals surface area contributed by atoms with Crippen LogP contribution in [0.2, 0.25) is 0 Å². The highest BCUT2D eigenvalue weighted by Gasteiger charge is 2.17. The molecule has 1 N–H and O–H groups in total. The maximum atomic E-state index is 13.6. The zero-order valence-corrected chi connectivity index (χ0v) is 13.2. The van der Waals surface area contributed by atoms with E-state index in [-0.39, 0.29) is 11.3 Å². The van der Waals surface area contributed by atoms with Crippen molar-refractivity contribution in [1.29, 1.82) is 0 Å². The first-order chi connectivity index (χ1) is 11.0. The third-order valence-corrected chi connectivity index (χ3v) is 3.94. The number of carbonyl (C=O) groups is 2. The van der Waals surface area contributed by atoms with Gasteiger partial charge in [0.1, 0.15) is 17.4 Å². The van der Waals surface area contributed by atoms with Crippen LogP contribution in [0.4, 0.5) is 8.78 Å². The zero-order valence-electron chi connectivity index (χ0n) is 12.4. The molecule has 0 bridgehead atoms. The Kier molecular flexibility index (Phi) is 5.81. The fraction of sp³-hybridized carbons (Fsp3) is 0.250. The molecule has 2 aromatic rings. The normalized spacial score (nSPS) is 10.4. The van der Waals surface area contributed by atoms with E-state index in [1.54, 1.807) is 11.3 Å². The maximum Gasteiger partial charge on any atom is 0.257 e. The predicted octanol–water partition coefficient (Wildman–Crippen LogP) is 2.97. The molecule has 0 fully saturated rings. The van der Waals surface area contributed by atoms with Crippen LogP contribution in [0.1, 0.15) is 22.2 Å². The summed E-state index contributed by atoms with van der Waals surface area (Å²) in [5, 5.41) is 4.59. The highest BCUT2D eigenvalue weighted by molar-refractivity contribution is 7.09. The molecule has 4 nitrogen and oxygen atoms in total. The van der Waals surface area contributed by atoms with Crippen molar-refractivity contribution in [2.45, 2.75) is 13.3 Å². The number of rotatable bonds is 7. The third-order valence-electron chi connectivity index (χ3n) is 3.00. The number of carbonyl (C=O) groups excluding carboxylic acids is 2. The minimum Gasteiger partial charge on any atom is -0.483 e. The highest BCUT2D eigenvalue weighted by Crippen LogP contribution is 2.24. The van der Waals surface area contributed by atoms with Crippen LogP contribution in [0.5, 0.6) is 5.75 Å². The molecular formula is C16H15F2NO3S. The maximum absolute atomic E-state index is 13.6. The first kappa shape index (κ1) is 17.1. The molecule has 0 aliphatic rings. The van der Waals surface area contributed by atoms with E-state index in [1.807, 2.05) is 17.5 Å². The van der Waals surface area contributed by atoms with Gasteiger partial charge in [-0.25, -0.2) is 8.78 Å².